The van der Waals surface area contributed by atoms with Gasteiger partial charge in [0, 0.05) is 43.7 Å². The fourth-order valence-electron chi connectivity index (χ4n) is 4.07. The number of aryl methyl sites for hydroxylation is 1. The molecular formula is C23H29N3O4. The summed E-state index contributed by atoms with van der Waals surface area (Å²) < 4.78 is 12.6. The molecule has 1 amide bonds. The zero-order chi connectivity index (χ0) is 21.1. The summed E-state index contributed by atoms with van der Waals surface area (Å²) in [5.41, 5.74) is 3.33. The van der Waals surface area contributed by atoms with Gasteiger partial charge in [-0.15, -0.1) is 0 Å². The molecule has 0 unspecified atom stereocenters. The Bertz CT molecular complexity index is 933. The molecule has 2 aromatic rings. The van der Waals surface area contributed by atoms with Crippen LogP contribution in [0.3, 0.4) is 0 Å². The van der Waals surface area contributed by atoms with E-state index in [1.165, 1.54) is 12.8 Å². The van der Waals surface area contributed by atoms with Crippen molar-refractivity contribution in [1.82, 2.24) is 14.7 Å². The summed E-state index contributed by atoms with van der Waals surface area (Å²) in [5, 5.41) is 4.59. The molecule has 1 fully saturated rings. The summed E-state index contributed by atoms with van der Waals surface area (Å²) in [6.45, 7) is 4.02. The van der Waals surface area contributed by atoms with Crippen LogP contribution in [0.1, 0.15) is 53.5 Å². The maximum Gasteiger partial charge on any atom is 0.359 e. The van der Waals surface area contributed by atoms with Gasteiger partial charge < -0.3 is 14.4 Å². The first-order chi connectivity index (χ1) is 14.6. The summed E-state index contributed by atoms with van der Waals surface area (Å²) in [6.07, 6.45) is 4.18. The average molecular weight is 412 g/mol. The first-order valence-corrected chi connectivity index (χ1v) is 10.8. The molecule has 7 nitrogen and oxygen atoms in total. The first-order valence-electron chi connectivity index (χ1n) is 10.8. The number of hydrogen-bond donors (Lipinski definition) is 0. The quantitative estimate of drug-likeness (QED) is 0.625. The van der Waals surface area contributed by atoms with E-state index in [4.69, 9.17) is 9.47 Å². The summed E-state index contributed by atoms with van der Waals surface area (Å²) >= 11 is 0. The highest BCUT2D eigenvalue weighted by Crippen LogP contribution is 2.33. The minimum absolute atomic E-state index is 0.0799. The highest BCUT2D eigenvalue weighted by molar-refractivity contribution is 5.89. The van der Waals surface area contributed by atoms with Gasteiger partial charge >= 0.3 is 5.97 Å². The van der Waals surface area contributed by atoms with Crippen LogP contribution in [-0.4, -0.2) is 46.8 Å². The van der Waals surface area contributed by atoms with Gasteiger partial charge in [0.1, 0.15) is 5.75 Å². The summed E-state index contributed by atoms with van der Waals surface area (Å²) in [6, 6.07) is 7.77. The van der Waals surface area contributed by atoms with Crippen molar-refractivity contribution in [3.05, 3.63) is 46.8 Å². The van der Waals surface area contributed by atoms with Gasteiger partial charge in [-0.25, -0.2) is 4.79 Å². The van der Waals surface area contributed by atoms with Crippen molar-refractivity contribution in [3.63, 3.8) is 0 Å². The van der Waals surface area contributed by atoms with Crippen LogP contribution in [-0.2, 0) is 35.5 Å². The van der Waals surface area contributed by atoms with E-state index in [0.29, 0.717) is 44.1 Å². The number of para-hydroxylation sites is 1. The lowest BCUT2D eigenvalue weighted by Gasteiger charge is -2.28. The molecule has 1 aliphatic heterocycles. The zero-order valence-corrected chi connectivity index (χ0v) is 17.7. The molecule has 0 bridgehead atoms. The number of nitrogens with zero attached hydrogens (tertiary/aromatic N) is 3. The predicted octanol–water partition coefficient (Wildman–Crippen LogP) is 3.00. The second-order valence-corrected chi connectivity index (χ2v) is 8.00. The molecule has 1 aliphatic carbocycles. The van der Waals surface area contributed by atoms with Crippen molar-refractivity contribution in [2.24, 2.45) is 5.92 Å². The van der Waals surface area contributed by atoms with Gasteiger partial charge in [-0.2, -0.15) is 5.10 Å². The third kappa shape index (κ3) is 4.35. The Morgan fingerprint density at radius 3 is 2.77 bits per heavy atom. The first kappa shape index (κ1) is 20.4. The fourth-order valence-corrected chi connectivity index (χ4v) is 4.07. The van der Waals surface area contributed by atoms with Gasteiger partial charge in [0.25, 0.3) is 0 Å². The minimum atomic E-state index is -0.397. The van der Waals surface area contributed by atoms with Crippen molar-refractivity contribution in [2.75, 3.05) is 20.3 Å². The minimum Gasteiger partial charge on any atom is -0.496 e. The SMILES string of the molecule is CCOC(=O)c1nn(CC2CC2)c2c1CN(C(=O)CCc1ccccc1OC)CC2. The highest BCUT2D eigenvalue weighted by Gasteiger charge is 2.32. The zero-order valence-electron chi connectivity index (χ0n) is 17.7. The molecule has 1 saturated carbocycles. The molecule has 0 saturated heterocycles. The van der Waals surface area contributed by atoms with Gasteiger partial charge in [-0.3, -0.25) is 9.48 Å². The Labute approximate surface area is 177 Å². The summed E-state index contributed by atoms with van der Waals surface area (Å²) in [4.78, 5) is 27.2. The third-order valence-electron chi connectivity index (χ3n) is 5.88. The molecule has 1 aromatic heterocycles. The largest absolute Gasteiger partial charge is 0.496 e. The molecule has 1 aromatic carbocycles. The van der Waals surface area contributed by atoms with Crippen LogP contribution >= 0.6 is 0 Å². The molecule has 4 rings (SSSR count). The molecule has 0 spiro atoms. The van der Waals surface area contributed by atoms with Gasteiger partial charge in [0.15, 0.2) is 5.69 Å². The van der Waals surface area contributed by atoms with E-state index in [1.807, 2.05) is 33.8 Å². The van der Waals surface area contributed by atoms with Crippen molar-refractivity contribution in [3.8, 4) is 5.75 Å². The number of carbonyl (C=O) groups excluding carboxylic acids is 2. The lowest BCUT2D eigenvalue weighted by molar-refractivity contribution is -0.132. The monoisotopic (exact) mass is 411 g/mol. The van der Waals surface area contributed by atoms with Crippen LogP contribution in [0, 0.1) is 5.92 Å². The molecule has 0 N–H and O–H groups in total. The second kappa shape index (κ2) is 8.90. The maximum absolute atomic E-state index is 12.9. The van der Waals surface area contributed by atoms with E-state index in [-0.39, 0.29) is 5.91 Å². The smallest absolute Gasteiger partial charge is 0.359 e. The highest BCUT2D eigenvalue weighted by atomic mass is 16.5. The number of carbonyl (C=O) groups is 2. The van der Waals surface area contributed by atoms with Crippen molar-refractivity contribution >= 4 is 11.9 Å². The van der Waals surface area contributed by atoms with E-state index in [0.717, 1.165) is 35.5 Å². The Hall–Kier alpha value is -2.83. The average Bonchev–Trinajstić information content (AvgIpc) is 3.51. The maximum atomic E-state index is 12.9. The Balaban J connectivity index is 1.48. The number of esters is 1. The van der Waals surface area contributed by atoms with Crippen molar-refractivity contribution in [1.29, 1.82) is 0 Å². The van der Waals surface area contributed by atoms with E-state index < -0.39 is 5.97 Å². The van der Waals surface area contributed by atoms with Gasteiger partial charge in [-0.1, -0.05) is 18.2 Å². The molecule has 0 atom stereocenters. The van der Waals surface area contributed by atoms with Gasteiger partial charge in [0.05, 0.1) is 13.7 Å². The van der Waals surface area contributed by atoms with Crippen LogP contribution in [0.25, 0.3) is 0 Å². The number of aromatic nitrogens is 2. The standard InChI is InChI=1S/C23H29N3O4/c1-3-30-23(28)22-18-15-25(13-12-19(18)26(24-22)14-16-8-9-16)21(27)11-10-17-6-4-5-7-20(17)29-2/h4-7,16H,3,8-15H2,1-2H3. The molecular weight excluding hydrogens is 382 g/mol. The number of methoxy groups -OCH3 is 1. The molecule has 2 aliphatic rings. The van der Waals surface area contributed by atoms with E-state index in [9.17, 15) is 9.59 Å². The number of ether oxygens (including phenoxy) is 2. The van der Waals surface area contributed by atoms with Gasteiger partial charge in [-0.05, 0) is 43.7 Å². The van der Waals surface area contributed by atoms with E-state index in [1.54, 1.807) is 14.0 Å². The molecule has 30 heavy (non-hydrogen) atoms. The topological polar surface area (TPSA) is 73.7 Å². The summed E-state index contributed by atoms with van der Waals surface area (Å²) in [7, 11) is 1.64. The summed E-state index contributed by atoms with van der Waals surface area (Å²) in [5.74, 6) is 1.14. The number of benzene rings is 1. The van der Waals surface area contributed by atoms with Crippen molar-refractivity contribution in [2.45, 2.75) is 52.1 Å². The Morgan fingerprint density at radius 1 is 1.23 bits per heavy atom. The molecule has 7 heteroatoms. The lowest BCUT2D eigenvalue weighted by atomic mass is 10.0. The van der Waals surface area contributed by atoms with Crippen LogP contribution < -0.4 is 4.74 Å². The van der Waals surface area contributed by atoms with Crippen molar-refractivity contribution < 1.29 is 19.1 Å². The number of amides is 1. The van der Waals surface area contributed by atoms with Crippen LogP contribution in [0.2, 0.25) is 0 Å². The number of hydrogen-bond acceptors (Lipinski definition) is 5. The van der Waals surface area contributed by atoms with E-state index >= 15 is 0 Å². The van der Waals surface area contributed by atoms with Gasteiger partial charge in [0.2, 0.25) is 5.91 Å². The second-order valence-electron chi connectivity index (χ2n) is 8.00. The van der Waals surface area contributed by atoms with Crippen LogP contribution in [0.5, 0.6) is 5.75 Å². The number of fused-ring (bicyclic) bond motifs is 1. The fraction of sp³-hybridized carbons (Fsp3) is 0.522. The third-order valence-corrected chi connectivity index (χ3v) is 5.88. The van der Waals surface area contributed by atoms with Crippen LogP contribution in [0.4, 0.5) is 0 Å². The normalized spacial score (nSPS) is 15.6. The van der Waals surface area contributed by atoms with E-state index in [2.05, 4.69) is 5.10 Å². The lowest BCUT2D eigenvalue weighted by Crippen LogP contribution is -2.37. The predicted molar refractivity (Wildman–Crippen MR) is 111 cm³/mol. The molecule has 160 valence electrons. The Morgan fingerprint density at radius 2 is 2.03 bits per heavy atom. The number of rotatable bonds is 8. The van der Waals surface area contributed by atoms with Crippen LogP contribution in [0.15, 0.2) is 24.3 Å². The molecule has 2 heterocycles. The molecule has 0 radical (unpaired) electrons. The Kier molecular flexibility index (Phi) is 6.06.